The van der Waals surface area contributed by atoms with Crippen molar-refractivity contribution in [3.05, 3.63) is 60.8 Å². The number of pyridine rings is 1. The molecule has 0 unspecified atom stereocenters. The van der Waals surface area contributed by atoms with Crippen molar-refractivity contribution in [1.29, 1.82) is 0 Å². The maximum Gasteiger partial charge on any atom is 0.220 e. The Bertz CT molecular complexity index is 1190. The number of rotatable bonds is 5. The van der Waals surface area contributed by atoms with Gasteiger partial charge in [0, 0.05) is 24.7 Å². The largest absolute Gasteiger partial charge is 0.369 e. The van der Waals surface area contributed by atoms with E-state index in [2.05, 4.69) is 20.3 Å². The Kier molecular flexibility index (Phi) is 4.66. The van der Waals surface area contributed by atoms with E-state index in [0.29, 0.717) is 17.1 Å². The van der Waals surface area contributed by atoms with Crippen molar-refractivity contribution < 1.29 is 4.79 Å². The third-order valence-electron chi connectivity index (χ3n) is 5.76. The summed E-state index contributed by atoms with van der Waals surface area (Å²) in [4.78, 5) is 24.8. The van der Waals surface area contributed by atoms with Crippen LogP contribution in [0.25, 0.3) is 28.0 Å². The summed E-state index contributed by atoms with van der Waals surface area (Å²) in [7, 11) is 0. The van der Waals surface area contributed by atoms with Gasteiger partial charge in [0.1, 0.15) is 5.82 Å². The maximum atomic E-state index is 11.4. The molecule has 1 aromatic carbocycles. The van der Waals surface area contributed by atoms with Gasteiger partial charge >= 0.3 is 0 Å². The minimum Gasteiger partial charge on any atom is -0.369 e. The highest BCUT2D eigenvalue weighted by atomic mass is 16.1. The van der Waals surface area contributed by atoms with E-state index in [4.69, 9.17) is 10.7 Å². The Morgan fingerprint density at radius 2 is 1.97 bits per heavy atom. The van der Waals surface area contributed by atoms with E-state index in [1.54, 1.807) is 17.1 Å². The lowest BCUT2D eigenvalue weighted by atomic mass is 10.0. The summed E-state index contributed by atoms with van der Waals surface area (Å²) in [6, 6.07) is 12.0. The number of aromatic nitrogens is 6. The number of carbonyl (C=O) groups is 1. The molecule has 0 radical (unpaired) electrons. The number of primary amides is 1. The zero-order valence-electron chi connectivity index (χ0n) is 16.3. The van der Waals surface area contributed by atoms with Gasteiger partial charge in [0.2, 0.25) is 5.91 Å². The Labute approximate surface area is 173 Å². The predicted molar refractivity (Wildman–Crippen MR) is 111 cm³/mol. The minimum atomic E-state index is -0.203. The molecule has 1 amide bonds. The lowest BCUT2D eigenvalue weighted by Gasteiger charge is -2.09. The van der Waals surface area contributed by atoms with Crippen LogP contribution < -0.4 is 5.73 Å². The van der Waals surface area contributed by atoms with Gasteiger partial charge in [0.15, 0.2) is 11.2 Å². The summed E-state index contributed by atoms with van der Waals surface area (Å²) in [5.41, 5.74) is 9.80. The highest BCUT2D eigenvalue weighted by Gasteiger charge is 2.29. The SMILES string of the molecule is NC(=O)[C@@H]1CC[C@@H](Cc2ncc3nnn(-c4ccc(-c5cccnc5)cc4)c3n2)C1. The third kappa shape index (κ3) is 3.52. The fraction of sp³-hybridized carbons (Fsp3) is 0.273. The van der Waals surface area contributed by atoms with Crippen LogP contribution in [0.2, 0.25) is 0 Å². The molecule has 0 saturated heterocycles. The standard InChI is InChI=1S/C22H21N7O/c23-21(30)16-4-3-14(10-16)11-20-25-13-19-22(26-20)29(28-27-19)18-7-5-15(6-8-18)17-2-1-9-24-12-17/h1-2,5-9,12-14,16H,3-4,10-11H2,(H2,23,30)/t14-,16-/m1/s1. The molecular weight excluding hydrogens is 378 g/mol. The first-order valence-corrected chi connectivity index (χ1v) is 10.0. The Balaban J connectivity index is 1.40. The van der Waals surface area contributed by atoms with Gasteiger partial charge in [-0.25, -0.2) is 9.97 Å². The Hall–Kier alpha value is -3.68. The van der Waals surface area contributed by atoms with Crippen molar-refractivity contribution in [1.82, 2.24) is 29.9 Å². The van der Waals surface area contributed by atoms with Crippen LogP contribution >= 0.6 is 0 Å². The Morgan fingerprint density at radius 1 is 1.10 bits per heavy atom. The third-order valence-corrected chi connectivity index (χ3v) is 5.76. The van der Waals surface area contributed by atoms with Crippen LogP contribution in [0.3, 0.4) is 0 Å². The van der Waals surface area contributed by atoms with E-state index in [9.17, 15) is 4.79 Å². The number of amides is 1. The first kappa shape index (κ1) is 18.4. The zero-order valence-corrected chi connectivity index (χ0v) is 16.3. The highest BCUT2D eigenvalue weighted by molar-refractivity contribution is 5.77. The van der Waals surface area contributed by atoms with Gasteiger partial charge in [-0.15, -0.1) is 5.10 Å². The van der Waals surface area contributed by atoms with E-state index in [1.165, 1.54) is 0 Å². The molecule has 0 spiro atoms. The van der Waals surface area contributed by atoms with Crippen LogP contribution in [-0.4, -0.2) is 35.9 Å². The molecule has 2 atom stereocenters. The number of carbonyl (C=O) groups excluding carboxylic acids is 1. The average Bonchev–Trinajstić information content (AvgIpc) is 3.42. The number of hydrogen-bond donors (Lipinski definition) is 1. The molecule has 0 aliphatic heterocycles. The summed E-state index contributed by atoms with van der Waals surface area (Å²) in [5.74, 6) is 0.895. The molecule has 2 N–H and O–H groups in total. The number of nitrogens with two attached hydrogens (primary N) is 1. The van der Waals surface area contributed by atoms with Crippen molar-refractivity contribution in [3.8, 4) is 16.8 Å². The molecule has 1 fully saturated rings. The second-order valence-corrected chi connectivity index (χ2v) is 7.77. The van der Waals surface area contributed by atoms with Crippen LogP contribution in [0.15, 0.2) is 55.0 Å². The molecule has 8 nitrogen and oxygen atoms in total. The van der Waals surface area contributed by atoms with Gasteiger partial charge in [-0.2, -0.15) is 4.68 Å². The minimum absolute atomic E-state index is 0.0238. The molecule has 1 aliphatic carbocycles. The van der Waals surface area contributed by atoms with Crippen molar-refractivity contribution in [2.24, 2.45) is 17.6 Å². The van der Waals surface area contributed by atoms with Crippen LogP contribution in [0.4, 0.5) is 0 Å². The van der Waals surface area contributed by atoms with Crippen molar-refractivity contribution >= 4 is 17.1 Å². The maximum absolute atomic E-state index is 11.4. The second kappa shape index (κ2) is 7.62. The molecule has 0 bridgehead atoms. The van der Waals surface area contributed by atoms with Gasteiger partial charge in [0.05, 0.1) is 11.9 Å². The lowest BCUT2D eigenvalue weighted by molar-refractivity contribution is -0.121. The average molecular weight is 399 g/mol. The first-order valence-electron chi connectivity index (χ1n) is 10.0. The predicted octanol–water partition coefficient (Wildman–Crippen LogP) is 2.72. The van der Waals surface area contributed by atoms with Gasteiger partial charge < -0.3 is 5.73 Å². The highest BCUT2D eigenvalue weighted by Crippen LogP contribution is 2.32. The van der Waals surface area contributed by atoms with Crippen molar-refractivity contribution in [2.45, 2.75) is 25.7 Å². The quantitative estimate of drug-likeness (QED) is 0.552. The normalized spacial score (nSPS) is 18.7. The number of nitrogens with zero attached hydrogens (tertiary/aromatic N) is 6. The summed E-state index contributed by atoms with van der Waals surface area (Å²) in [6.45, 7) is 0. The molecule has 150 valence electrons. The van der Waals surface area contributed by atoms with Crippen molar-refractivity contribution in [2.75, 3.05) is 0 Å². The zero-order chi connectivity index (χ0) is 20.5. The van der Waals surface area contributed by atoms with Gasteiger partial charge in [0.25, 0.3) is 0 Å². The first-order chi connectivity index (χ1) is 14.7. The fourth-order valence-electron chi connectivity index (χ4n) is 4.14. The summed E-state index contributed by atoms with van der Waals surface area (Å²) >= 11 is 0. The monoisotopic (exact) mass is 399 g/mol. The summed E-state index contributed by atoms with van der Waals surface area (Å²) in [6.07, 6.45) is 8.68. The topological polar surface area (TPSA) is 112 Å². The summed E-state index contributed by atoms with van der Waals surface area (Å²) < 4.78 is 1.73. The van der Waals surface area contributed by atoms with Crippen LogP contribution in [0, 0.1) is 11.8 Å². The van der Waals surface area contributed by atoms with Crippen LogP contribution in [0.5, 0.6) is 0 Å². The van der Waals surface area contributed by atoms with E-state index >= 15 is 0 Å². The van der Waals surface area contributed by atoms with E-state index in [-0.39, 0.29) is 11.8 Å². The van der Waals surface area contributed by atoms with Crippen LogP contribution in [0.1, 0.15) is 25.1 Å². The van der Waals surface area contributed by atoms with E-state index < -0.39 is 0 Å². The van der Waals surface area contributed by atoms with Gasteiger partial charge in [-0.3, -0.25) is 9.78 Å². The van der Waals surface area contributed by atoms with Crippen molar-refractivity contribution in [3.63, 3.8) is 0 Å². The van der Waals surface area contributed by atoms with E-state index in [1.807, 2.05) is 42.6 Å². The van der Waals surface area contributed by atoms with Gasteiger partial charge in [-0.05, 0) is 54.5 Å². The van der Waals surface area contributed by atoms with Gasteiger partial charge in [-0.1, -0.05) is 23.4 Å². The number of benzene rings is 1. The molecule has 30 heavy (non-hydrogen) atoms. The molecule has 4 aromatic rings. The molecule has 1 saturated carbocycles. The molecule has 3 aromatic heterocycles. The molecular formula is C22H21N7O. The second-order valence-electron chi connectivity index (χ2n) is 7.77. The number of hydrogen-bond acceptors (Lipinski definition) is 6. The summed E-state index contributed by atoms with van der Waals surface area (Å²) in [5, 5.41) is 8.47. The fourth-order valence-corrected chi connectivity index (χ4v) is 4.14. The van der Waals surface area contributed by atoms with Crippen LogP contribution in [-0.2, 0) is 11.2 Å². The number of fused-ring (bicyclic) bond motifs is 1. The Morgan fingerprint density at radius 3 is 2.70 bits per heavy atom. The van der Waals surface area contributed by atoms with E-state index in [0.717, 1.165) is 48.3 Å². The smallest absolute Gasteiger partial charge is 0.220 e. The molecule has 3 heterocycles. The molecule has 1 aliphatic rings. The lowest BCUT2D eigenvalue weighted by Crippen LogP contribution is -2.21. The molecule has 5 rings (SSSR count). The molecule has 8 heteroatoms.